The van der Waals surface area contributed by atoms with Gasteiger partial charge in [-0.05, 0) is 25.5 Å². The van der Waals surface area contributed by atoms with Crippen LogP contribution in [0.25, 0.3) is 0 Å². The van der Waals surface area contributed by atoms with Crippen molar-refractivity contribution in [3.05, 3.63) is 37.4 Å². The van der Waals surface area contributed by atoms with Gasteiger partial charge in [0.25, 0.3) is 5.69 Å². The minimum atomic E-state index is -2.15. The van der Waals surface area contributed by atoms with Crippen molar-refractivity contribution in [1.29, 1.82) is 0 Å². The van der Waals surface area contributed by atoms with Crippen molar-refractivity contribution in [2.24, 2.45) is 0 Å². The average molecular weight is 294 g/mol. The number of benzene rings is 1. The fraction of sp³-hybridized carbons (Fsp3) is 0.273. The molecule has 1 aliphatic heterocycles. The summed E-state index contributed by atoms with van der Waals surface area (Å²) in [4.78, 5) is 43.7. The van der Waals surface area contributed by atoms with Crippen LogP contribution in [0.5, 0.6) is 0 Å². The SMILES string of the molecule is Cc1cc2c(c([N+](=O)[O-])c1C)NC(=O)C([N+](=O)[O-])C(=O)N2. The van der Waals surface area contributed by atoms with Gasteiger partial charge in [0.1, 0.15) is 5.69 Å². The van der Waals surface area contributed by atoms with Crippen LogP contribution in [0.2, 0.25) is 0 Å². The molecule has 0 aliphatic carbocycles. The van der Waals surface area contributed by atoms with E-state index in [1.54, 1.807) is 6.92 Å². The largest absolute Gasteiger partial charge is 0.366 e. The number of anilines is 2. The molecule has 0 radical (unpaired) electrons. The van der Waals surface area contributed by atoms with Gasteiger partial charge in [-0.25, -0.2) is 0 Å². The molecule has 0 saturated heterocycles. The van der Waals surface area contributed by atoms with E-state index in [0.29, 0.717) is 11.1 Å². The Morgan fingerprint density at radius 2 is 1.67 bits per heavy atom. The average Bonchev–Trinajstić information content (AvgIpc) is 2.45. The summed E-state index contributed by atoms with van der Waals surface area (Å²) in [6.45, 7) is 3.07. The summed E-state index contributed by atoms with van der Waals surface area (Å²) in [7, 11) is 0. The van der Waals surface area contributed by atoms with Crippen LogP contribution in [-0.4, -0.2) is 27.7 Å². The minimum Gasteiger partial charge on any atom is -0.318 e. The monoisotopic (exact) mass is 294 g/mol. The Morgan fingerprint density at radius 3 is 2.19 bits per heavy atom. The summed E-state index contributed by atoms with van der Waals surface area (Å²) in [6.07, 6.45) is 0. The van der Waals surface area contributed by atoms with Crippen LogP contribution in [0.3, 0.4) is 0 Å². The van der Waals surface area contributed by atoms with Crippen molar-refractivity contribution in [1.82, 2.24) is 0 Å². The Balaban J connectivity index is 2.68. The van der Waals surface area contributed by atoms with Crippen LogP contribution in [0.15, 0.2) is 6.07 Å². The van der Waals surface area contributed by atoms with Gasteiger partial charge < -0.3 is 10.6 Å². The molecule has 1 unspecified atom stereocenters. The smallest absolute Gasteiger partial charge is 0.318 e. The molecule has 0 fully saturated rings. The van der Waals surface area contributed by atoms with Gasteiger partial charge in [0.2, 0.25) is 0 Å². The Labute approximate surface area is 117 Å². The van der Waals surface area contributed by atoms with Gasteiger partial charge in [-0.15, -0.1) is 0 Å². The maximum Gasteiger partial charge on any atom is 0.366 e. The van der Waals surface area contributed by atoms with Gasteiger partial charge in [-0.2, -0.15) is 0 Å². The summed E-state index contributed by atoms with van der Waals surface area (Å²) in [6, 6.07) is -0.740. The normalized spacial score (nSPS) is 17.3. The van der Waals surface area contributed by atoms with E-state index >= 15 is 0 Å². The zero-order valence-electron chi connectivity index (χ0n) is 11.0. The molecule has 0 aromatic heterocycles. The van der Waals surface area contributed by atoms with Crippen LogP contribution in [0.4, 0.5) is 17.1 Å². The number of hydrogen-bond acceptors (Lipinski definition) is 6. The van der Waals surface area contributed by atoms with E-state index < -0.39 is 33.4 Å². The highest BCUT2D eigenvalue weighted by molar-refractivity contribution is 6.18. The van der Waals surface area contributed by atoms with E-state index in [4.69, 9.17) is 0 Å². The van der Waals surface area contributed by atoms with Gasteiger partial charge in [0.05, 0.1) is 10.6 Å². The molecule has 0 spiro atoms. The van der Waals surface area contributed by atoms with Crippen molar-refractivity contribution in [3.63, 3.8) is 0 Å². The number of nitro benzene ring substituents is 1. The molecule has 10 heteroatoms. The molecule has 21 heavy (non-hydrogen) atoms. The van der Waals surface area contributed by atoms with Gasteiger partial charge in [0, 0.05) is 10.5 Å². The molecule has 2 amide bonds. The predicted molar refractivity (Wildman–Crippen MR) is 70.6 cm³/mol. The highest BCUT2D eigenvalue weighted by atomic mass is 16.6. The third kappa shape index (κ3) is 2.26. The van der Waals surface area contributed by atoms with Crippen molar-refractivity contribution in [2.75, 3.05) is 10.6 Å². The molecule has 1 aliphatic rings. The van der Waals surface area contributed by atoms with E-state index in [1.807, 2.05) is 0 Å². The quantitative estimate of drug-likeness (QED) is 0.467. The van der Waals surface area contributed by atoms with Crippen LogP contribution in [0.1, 0.15) is 11.1 Å². The molecule has 2 rings (SSSR count). The molecule has 1 aromatic rings. The Morgan fingerprint density at radius 1 is 1.10 bits per heavy atom. The first kappa shape index (κ1) is 14.4. The first-order valence-electron chi connectivity index (χ1n) is 5.78. The predicted octanol–water partition coefficient (Wildman–Crippen LogP) is 0.748. The second-order valence-corrected chi connectivity index (χ2v) is 4.51. The lowest BCUT2D eigenvalue weighted by atomic mass is 10.0. The molecular weight excluding hydrogens is 284 g/mol. The Bertz CT molecular complexity index is 698. The van der Waals surface area contributed by atoms with Crippen molar-refractivity contribution in [3.8, 4) is 0 Å². The summed E-state index contributed by atoms with van der Waals surface area (Å²) < 4.78 is 0. The number of aryl methyl sites for hydroxylation is 1. The zero-order chi connectivity index (χ0) is 15.9. The maximum atomic E-state index is 11.8. The third-order valence-electron chi connectivity index (χ3n) is 3.21. The second kappa shape index (κ2) is 4.81. The Hall–Kier alpha value is -3.04. The van der Waals surface area contributed by atoms with E-state index in [-0.39, 0.29) is 11.4 Å². The number of nitrogens with zero attached hydrogens (tertiary/aromatic N) is 2. The lowest BCUT2D eigenvalue weighted by Crippen LogP contribution is -2.42. The highest BCUT2D eigenvalue weighted by Crippen LogP contribution is 2.39. The lowest BCUT2D eigenvalue weighted by Gasteiger charge is -2.11. The van der Waals surface area contributed by atoms with Crippen LogP contribution < -0.4 is 10.6 Å². The topological polar surface area (TPSA) is 144 Å². The van der Waals surface area contributed by atoms with E-state index in [2.05, 4.69) is 10.6 Å². The lowest BCUT2D eigenvalue weighted by molar-refractivity contribution is -0.492. The van der Waals surface area contributed by atoms with Gasteiger partial charge in [-0.1, -0.05) is 0 Å². The number of fused-ring (bicyclic) bond motifs is 1. The summed E-state index contributed by atoms with van der Waals surface area (Å²) >= 11 is 0. The molecule has 1 atom stereocenters. The number of carbonyl (C=O) groups is 2. The number of carbonyl (C=O) groups excluding carboxylic acids is 2. The fourth-order valence-corrected chi connectivity index (χ4v) is 2.06. The van der Waals surface area contributed by atoms with Crippen LogP contribution in [-0.2, 0) is 9.59 Å². The first-order chi connectivity index (χ1) is 9.73. The van der Waals surface area contributed by atoms with Crippen molar-refractivity contribution >= 4 is 28.9 Å². The molecule has 0 saturated carbocycles. The molecule has 2 N–H and O–H groups in total. The minimum absolute atomic E-state index is 0.0347. The highest BCUT2D eigenvalue weighted by Gasteiger charge is 2.43. The number of nitro groups is 2. The van der Waals surface area contributed by atoms with E-state index in [9.17, 15) is 29.8 Å². The summed E-state index contributed by atoms with van der Waals surface area (Å²) in [5.41, 5.74) is 0.128. The molecule has 110 valence electrons. The molecule has 1 heterocycles. The number of hydrogen-bond donors (Lipinski definition) is 2. The van der Waals surface area contributed by atoms with E-state index in [0.717, 1.165) is 0 Å². The van der Waals surface area contributed by atoms with Gasteiger partial charge in [0.15, 0.2) is 0 Å². The zero-order valence-corrected chi connectivity index (χ0v) is 11.0. The number of rotatable bonds is 2. The summed E-state index contributed by atoms with van der Waals surface area (Å²) in [5.74, 6) is -2.36. The molecule has 0 bridgehead atoms. The van der Waals surface area contributed by atoms with Gasteiger partial charge in [-0.3, -0.25) is 29.8 Å². The number of nitrogens with one attached hydrogen (secondary N) is 2. The molecular formula is C11H10N4O6. The standard InChI is InChI=1S/C11H10N4O6/c1-4-3-6-7(8(5(4)2)14(18)19)13-11(17)9(15(20)21)10(16)12-6/h3,9H,1-2H3,(H,12,16)(H,13,17). The van der Waals surface area contributed by atoms with Crippen LogP contribution in [0, 0.1) is 34.1 Å². The maximum absolute atomic E-state index is 11.8. The van der Waals surface area contributed by atoms with Crippen molar-refractivity contribution in [2.45, 2.75) is 19.9 Å². The van der Waals surface area contributed by atoms with Gasteiger partial charge >= 0.3 is 17.9 Å². The first-order valence-corrected chi connectivity index (χ1v) is 5.78. The Kier molecular flexibility index (Phi) is 3.29. The van der Waals surface area contributed by atoms with Crippen molar-refractivity contribution < 1.29 is 19.4 Å². The number of amides is 2. The van der Waals surface area contributed by atoms with E-state index in [1.165, 1.54) is 13.0 Å². The molecule has 10 nitrogen and oxygen atoms in total. The van der Waals surface area contributed by atoms with Crippen LogP contribution >= 0.6 is 0 Å². The second-order valence-electron chi connectivity index (χ2n) is 4.51. The summed E-state index contributed by atoms with van der Waals surface area (Å²) in [5, 5.41) is 26.2. The fourth-order valence-electron chi connectivity index (χ4n) is 2.06. The third-order valence-corrected chi connectivity index (χ3v) is 3.21. The molecule has 1 aromatic carbocycles.